The standard InChI is InChI=1S/C16H16Cl2O2/c1-2-16(19)11-6-8-12(9-7-11)20-10-13-14(17)4-3-5-15(13)18/h3-9,16,19H,2,10H2,1H3/t16-/m1/s1. The monoisotopic (exact) mass is 310 g/mol. The van der Waals surface area contributed by atoms with Crippen molar-refractivity contribution in [1.82, 2.24) is 0 Å². The molecule has 0 unspecified atom stereocenters. The van der Waals surface area contributed by atoms with Gasteiger partial charge in [0, 0.05) is 15.6 Å². The Morgan fingerprint density at radius 1 is 1.05 bits per heavy atom. The van der Waals surface area contributed by atoms with Gasteiger partial charge in [0.15, 0.2) is 0 Å². The molecule has 0 amide bonds. The molecule has 0 aliphatic rings. The van der Waals surface area contributed by atoms with Crippen molar-refractivity contribution < 1.29 is 9.84 Å². The molecule has 0 spiro atoms. The zero-order chi connectivity index (χ0) is 14.5. The van der Waals surface area contributed by atoms with E-state index < -0.39 is 6.10 Å². The summed E-state index contributed by atoms with van der Waals surface area (Å²) in [5.74, 6) is 0.716. The Bertz CT molecular complexity index is 547. The maximum atomic E-state index is 9.73. The van der Waals surface area contributed by atoms with Gasteiger partial charge in [0.1, 0.15) is 12.4 Å². The maximum absolute atomic E-state index is 9.73. The van der Waals surface area contributed by atoms with Crippen LogP contribution < -0.4 is 4.74 Å². The van der Waals surface area contributed by atoms with Crippen molar-refractivity contribution >= 4 is 23.2 Å². The third-order valence-electron chi connectivity index (χ3n) is 3.10. The van der Waals surface area contributed by atoms with Crippen LogP contribution in [-0.2, 0) is 6.61 Å². The van der Waals surface area contributed by atoms with Gasteiger partial charge in [-0.3, -0.25) is 0 Å². The van der Waals surface area contributed by atoms with Gasteiger partial charge in [0.05, 0.1) is 6.10 Å². The first kappa shape index (κ1) is 15.2. The smallest absolute Gasteiger partial charge is 0.119 e. The Hall–Kier alpha value is -1.22. The molecule has 0 aliphatic heterocycles. The summed E-state index contributed by atoms with van der Waals surface area (Å²) in [6, 6.07) is 12.8. The molecule has 2 aromatic rings. The van der Waals surface area contributed by atoms with E-state index in [4.69, 9.17) is 27.9 Å². The fourth-order valence-corrected chi connectivity index (χ4v) is 2.35. The maximum Gasteiger partial charge on any atom is 0.119 e. The number of ether oxygens (including phenoxy) is 1. The van der Waals surface area contributed by atoms with Crippen LogP contribution >= 0.6 is 23.2 Å². The fraction of sp³-hybridized carbons (Fsp3) is 0.250. The van der Waals surface area contributed by atoms with Crippen molar-refractivity contribution in [2.45, 2.75) is 26.1 Å². The topological polar surface area (TPSA) is 29.5 Å². The Morgan fingerprint density at radius 3 is 2.20 bits per heavy atom. The van der Waals surface area contributed by atoms with E-state index in [1.807, 2.05) is 31.2 Å². The lowest BCUT2D eigenvalue weighted by Gasteiger charge is -2.11. The zero-order valence-electron chi connectivity index (χ0n) is 11.1. The normalized spacial score (nSPS) is 12.2. The van der Waals surface area contributed by atoms with Crippen molar-refractivity contribution in [3.63, 3.8) is 0 Å². The minimum absolute atomic E-state index is 0.314. The number of rotatable bonds is 5. The molecule has 0 aliphatic carbocycles. The van der Waals surface area contributed by atoms with E-state index in [0.717, 1.165) is 11.1 Å². The largest absolute Gasteiger partial charge is 0.489 e. The third kappa shape index (κ3) is 3.66. The summed E-state index contributed by atoms with van der Waals surface area (Å²) in [4.78, 5) is 0. The molecule has 0 radical (unpaired) electrons. The van der Waals surface area contributed by atoms with Crippen molar-refractivity contribution in [1.29, 1.82) is 0 Å². The molecule has 2 rings (SSSR count). The Kier molecular flexibility index (Phi) is 5.30. The molecule has 0 heterocycles. The first-order valence-electron chi connectivity index (χ1n) is 6.45. The highest BCUT2D eigenvalue weighted by molar-refractivity contribution is 6.35. The van der Waals surface area contributed by atoms with Crippen LogP contribution in [0.5, 0.6) is 5.75 Å². The lowest BCUT2D eigenvalue weighted by molar-refractivity contribution is 0.173. The molecule has 4 heteroatoms. The molecular weight excluding hydrogens is 295 g/mol. The van der Waals surface area contributed by atoms with Crippen LogP contribution in [-0.4, -0.2) is 5.11 Å². The van der Waals surface area contributed by atoms with Gasteiger partial charge in [0.25, 0.3) is 0 Å². The Morgan fingerprint density at radius 2 is 1.65 bits per heavy atom. The number of benzene rings is 2. The molecule has 0 aromatic heterocycles. The van der Waals surface area contributed by atoms with Crippen LogP contribution in [0.25, 0.3) is 0 Å². The SMILES string of the molecule is CC[C@@H](O)c1ccc(OCc2c(Cl)cccc2Cl)cc1. The van der Waals surface area contributed by atoms with Crippen LogP contribution in [0.4, 0.5) is 0 Å². The molecule has 20 heavy (non-hydrogen) atoms. The fourth-order valence-electron chi connectivity index (χ4n) is 1.85. The van der Waals surface area contributed by atoms with Crippen LogP contribution in [0.2, 0.25) is 10.0 Å². The summed E-state index contributed by atoms with van der Waals surface area (Å²) < 4.78 is 5.67. The van der Waals surface area contributed by atoms with E-state index in [1.54, 1.807) is 18.2 Å². The van der Waals surface area contributed by atoms with Gasteiger partial charge in [-0.15, -0.1) is 0 Å². The van der Waals surface area contributed by atoms with Crippen molar-refractivity contribution in [3.8, 4) is 5.75 Å². The molecule has 106 valence electrons. The molecule has 0 bridgehead atoms. The van der Waals surface area contributed by atoms with Crippen molar-refractivity contribution in [2.75, 3.05) is 0 Å². The molecule has 0 fully saturated rings. The third-order valence-corrected chi connectivity index (χ3v) is 3.80. The Balaban J connectivity index is 2.04. The lowest BCUT2D eigenvalue weighted by atomic mass is 10.1. The first-order chi connectivity index (χ1) is 9.61. The zero-order valence-corrected chi connectivity index (χ0v) is 12.7. The lowest BCUT2D eigenvalue weighted by Crippen LogP contribution is -1.98. The summed E-state index contributed by atoms with van der Waals surface area (Å²) in [7, 11) is 0. The second-order valence-corrected chi connectivity index (χ2v) is 5.30. The van der Waals surface area contributed by atoms with E-state index in [2.05, 4.69) is 0 Å². The molecule has 2 aromatic carbocycles. The number of hydrogen-bond donors (Lipinski definition) is 1. The Labute approximate surface area is 128 Å². The summed E-state index contributed by atoms with van der Waals surface area (Å²) in [6.07, 6.45) is 0.261. The number of aliphatic hydroxyl groups is 1. The first-order valence-corrected chi connectivity index (χ1v) is 7.21. The molecule has 0 saturated carbocycles. The summed E-state index contributed by atoms with van der Waals surface area (Å²) in [6.45, 7) is 2.25. The molecule has 2 nitrogen and oxygen atoms in total. The molecule has 0 saturated heterocycles. The number of halogens is 2. The van der Waals surface area contributed by atoms with Gasteiger partial charge in [0.2, 0.25) is 0 Å². The van der Waals surface area contributed by atoms with Gasteiger partial charge in [-0.2, -0.15) is 0 Å². The molecule has 1 atom stereocenters. The second kappa shape index (κ2) is 6.98. The highest BCUT2D eigenvalue weighted by Gasteiger charge is 2.07. The van der Waals surface area contributed by atoms with Crippen LogP contribution in [0, 0.1) is 0 Å². The molecule has 1 N–H and O–H groups in total. The summed E-state index contributed by atoms with van der Waals surface area (Å²) in [5.41, 5.74) is 1.66. The summed E-state index contributed by atoms with van der Waals surface area (Å²) >= 11 is 12.2. The van der Waals surface area contributed by atoms with Gasteiger partial charge in [-0.1, -0.05) is 48.3 Å². The van der Waals surface area contributed by atoms with E-state index in [1.165, 1.54) is 0 Å². The highest BCUT2D eigenvalue weighted by Crippen LogP contribution is 2.26. The van der Waals surface area contributed by atoms with Gasteiger partial charge < -0.3 is 9.84 Å². The highest BCUT2D eigenvalue weighted by atomic mass is 35.5. The minimum atomic E-state index is -0.429. The van der Waals surface area contributed by atoms with Crippen molar-refractivity contribution in [2.24, 2.45) is 0 Å². The van der Waals surface area contributed by atoms with Crippen LogP contribution in [0.3, 0.4) is 0 Å². The van der Waals surface area contributed by atoms with E-state index in [0.29, 0.717) is 28.8 Å². The van der Waals surface area contributed by atoms with Gasteiger partial charge >= 0.3 is 0 Å². The summed E-state index contributed by atoms with van der Waals surface area (Å²) in [5, 5.41) is 10.9. The predicted molar refractivity (Wildman–Crippen MR) is 82.5 cm³/mol. The number of aliphatic hydroxyl groups excluding tert-OH is 1. The van der Waals surface area contributed by atoms with Crippen LogP contribution in [0.15, 0.2) is 42.5 Å². The minimum Gasteiger partial charge on any atom is -0.489 e. The van der Waals surface area contributed by atoms with Crippen LogP contribution in [0.1, 0.15) is 30.6 Å². The van der Waals surface area contributed by atoms with Gasteiger partial charge in [-0.05, 0) is 36.2 Å². The van der Waals surface area contributed by atoms with Gasteiger partial charge in [-0.25, -0.2) is 0 Å². The average Bonchev–Trinajstić information content (AvgIpc) is 2.46. The quantitative estimate of drug-likeness (QED) is 0.840. The van der Waals surface area contributed by atoms with E-state index >= 15 is 0 Å². The number of hydrogen-bond acceptors (Lipinski definition) is 2. The van der Waals surface area contributed by atoms with Crippen molar-refractivity contribution in [3.05, 3.63) is 63.6 Å². The predicted octanol–water partition coefficient (Wildman–Crippen LogP) is 5.02. The molecular formula is C16H16Cl2O2. The van der Waals surface area contributed by atoms with E-state index in [-0.39, 0.29) is 0 Å². The average molecular weight is 311 g/mol. The van der Waals surface area contributed by atoms with E-state index in [9.17, 15) is 5.11 Å². The second-order valence-electron chi connectivity index (χ2n) is 4.48.